The van der Waals surface area contributed by atoms with E-state index in [1.54, 1.807) is 11.3 Å². The molecule has 2 aliphatic rings. The first kappa shape index (κ1) is 26.2. The molecule has 0 spiro atoms. The monoisotopic (exact) mass is 532 g/mol. The van der Waals surface area contributed by atoms with Gasteiger partial charge in [0.2, 0.25) is 17.8 Å². The number of carbonyl (C=O) groups excluding carboxylic acids is 2. The molecule has 5 rings (SSSR count). The molecule has 38 heavy (non-hydrogen) atoms. The maximum atomic E-state index is 12.9. The van der Waals surface area contributed by atoms with Gasteiger partial charge < -0.3 is 15.5 Å². The summed E-state index contributed by atoms with van der Waals surface area (Å²) in [5, 5.41) is 9.07. The van der Waals surface area contributed by atoms with E-state index in [1.165, 1.54) is 6.08 Å². The van der Waals surface area contributed by atoms with Gasteiger partial charge in [-0.3, -0.25) is 14.5 Å². The molecule has 200 valence electrons. The summed E-state index contributed by atoms with van der Waals surface area (Å²) < 4.78 is 0.958. The van der Waals surface area contributed by atoms with Crippen LogP contribution < -0.4 is 15.5 Å². The topological polar surface area (TPSA) is 90.5 Å². The Hall–Kier alpha value is -3.46. The standard InChI is InChI=1S/C29H36N6O2S/c1-5-25(36)34-15-12-22(13-16-34)31-21-8-6-20(7-9-21)19(4)30-29-32-23-14-17-38-27(23)28(33-29)35-24(18(2)3)10-11-26(35)37/h5-9,14,17-19,22,24,31H,1,10-13,15-16H2,2-4H3,(H,30,32,33)/t19-,24+/m0/s1. The summed E-state index contributed by atoms with van der Waals surface area (Å²) in [6.45, 7) is 11.5. The molecule has 3 aromatic rings. The summed E-state index contributed by atoms with van der Waals surface area (Å²) in [5.41, 5.74) is 3.05. The Morgan fingerprint density at radius 1 is 1.11 bits per heavy atom. The lowest BCUT2D eigenvalue weighted by Gasteiger charge is -2.32. The number of amides is 2. The van der Waals surface area contributed by atoms with Crippen molar-refractivity contribution in [3.05, 3.63) is 53.9 Å². The van der Waals surface area contributed by atoms with Gasteiger partial charge in [0.05, 0.1) is 16.3 Å². The Balaban J connectivity index is 1.27. The van der Waals surface area contributed by atoms with E-state index in [4.69, 9.17) is 9.97 Å². The van der Waals surface area contributed by atoms with Crippen molar-refractivity contribution in [2.75, 3.05) is 28.6 Å². The largest absolute Gasteiger partial charge is 0.382 e. The van der Waals surface area contributed by atoms with Crippen LogP contribution in [0.4, 0.5) is 17.5 Å². The number of thiophene rings is 1. The van der Waals surface area contributed by atoms with Gasteiger partial charge in [0.15, 0.2) is 5.82 Å². The number of carbonyl (C=O) groups is 2. The second kappa shape index (κ2) is 11.1. The molecule has 0 bridgehead atoms. The number of nitrogens with zero attached hydrogens (tertiary/aromatic N) is 4. The van der Waals surface area contributed by atoms with Gasteiger partial charge in [-0.05, 0) is 67.3 Å². The SMILES string of the molecule is C=CC(=O)N1CCC(Nc2ccc([C@H](C)Nc3nc(N4C(=O)CC[C@@H]4C(C)C)c4sccc4n3)cc2)CC1. The van der Waals surface area contributed by atoms with Crippen molar-refractivity contribution in [1.29, 1.82) is 0 Å². The average Bonchev–Trinajstić information content (AvgIpc) is 3.55. The molecule has 0 aliphatic carbocycles. The number of hydrogen-bond acceptors (Lipinski definition) is 7. The molecule has 2 fully saturated rings. The minimum atomic E-state index is -0.0173. The third kappa shape index (κ3) is 5.38. The van der Waals surface area contributed by atoms with Crippen molar-refractivity contribution in [1.82, 2.24) is 14.9 Å². The van der Waals surface area contributed by atoms with Crippen LogP contribution in [-0.4, -0.2) is 51.9 Å². The molecule has 2 aromatic heterocycles. The highest BCUT2D eigenvalue weighted by atomic mass is 32.1. The fourth-order valence-corrected chi connectivity index (χ4v) is 6.26. The summed E-state index contributed by atoms with van der Waals surface area (Å²) in [6.07, 6.45) is 4.65. The van der Waals surface area contributed by atoms with E-state index < -0.39 is 0 Å². The predicted octanol–water partition coefficient (Wildman–Crippen LogP) is 5.60. The fraction of sp³-hybridized carbons (Fsp3) is 0.448. The van der Waals surface area contributed by atoms with Gasteiger partial charge in [0, 0.05) is 37.3 Å². The Morgan fingerprint density at radius 3 is 2.53 bits per heavy atom. The van der Waals surface area contributed by atoms with Crippen LogP contribution in [0, 0.1) is 5.92 Å². The quantitative estimate of drug-likeness (QED) is 0.367. The highest BCUT2D eigenvalue weighted by Gasteiger charge is 2.36. The summed E-state index contributed by atoms with van der Waals surface area (Å²) in [7, 11) is 0. The van der Waals surface area contributed by atoms with Crippen molar-refractivity contribution in [3.8, 4) is 0 Å². The Kier molecular flexibility index (Phi) is 7.65. The van der Waals surface area contributed by atoms with Gasteiger partial charge in [0.25, 0.3) is 0 Å². The Bertz CT molecular complexity index is 1310. The molecule has 4 heterocycles. The third-order valence-electron chi connectivity index (χ3n) is 7.65. The average molecular weight is 533 g/mol. The number of piperidine rings is 1. The van der Waals surface area contributed by atoms with E-state index in [0.29, 0.717) is 24.3 Å². The van der Waals surface area contributed by atoms with Crippen molar-refractivity contribution >= 4 is 50.8 Å². The smallest absolute Gasteiger partial charge is 0.245 e. The maximum absolute atomic E-state index is 12.9. The summed E-state index contributed by atoms with van der Waals surface area (Å²) in [5.74, 6) is 1.76. The number of nitrogens with one attached hydrogen (secondary N) is 2. The minimum Gasteiger partial charge on any atom is -0.382 e. The van der Waals surface area contributed by atoms with Crippen LogP contribution >= 0.6 is 11.3 Å². The van der Waals surface area contributed by atoms with Crippen LogP contribution in [0.2, 0.25) is 0 Å². The third-order valence-corrected chi connectivity index (χ3v) is 8.55. The van der Waals surface area contributed by atoms with Crippen LogP contribution in [0.15, 0.2) is 48.4 Å². The molecular formula is C29H36N6O2S. The first-order valence-electron chi connectivity index (χ1n) is 13.5. The lowest BCUT2D eigenvalue weighted by atomic mass is 10.0. The normalized spacial score (nSPS) is 19.3. The number of fused-ring (bicyclic) bond motifs is 1. The summed E-state index contributed by atoms with van der Waals surface area (Å²) >= 11 is 1.58. The molecule has 0 radical (unpaired) electrons. The van der Waals surface area contributed by atoms with Gasteiger partial charge >= 0.3 is 0 Å². The van der Waals surface area contributed by atoms with Crippen LogP contribution in [0.5, 0.6) is 0 Å². The first-order valence-corrected chi connectivity index (χ1v) is 14.3. The Morgan fingerprint density at radius 2 is 1.84 bits per heavy atom. The van der Waals surface area contributed by atoms with Gasteiger partial charge in [-0.1, -0.05) is 32.6 Å². The van der Waals surface area contributed by atoms with Gasteiger partial charge in [0.1, 0.15) is 0 Å². The number of likely N-dealkylation sites (tertiary alicyclic amines) is 1. The second-order valence-electron chi connectivity index (χ2n) is 10.6. The van der Waals surface area contributed by atoms with Crippen LogP contribution in [0.25, 0.3) is 10.2 Å². The number of rotatable bonds is 8. The zero-order valence-electron chi connectivity index (χ0n) is 22.3. The van der Waals surface area contributed by atoms with E-state index in [9.17, 15) is 9.59 Å². The van der Waals surface area contributed by atoms with Gasteiger partial charge in [-0.2, -0.15) is 4.98 Å². The zero-order chi connectivity index (χ0) is 26.8. The molecule has 8 nitrogen and oxygen atoms in total. The molecule has 2 amide bonds. The molecule has 2 saturated heterocycles. The minimum absolute atomic E-state index is 0.00954. The van der Waals surface area contributed by atoms with E-state index in [2.05, 4.69) is 62.2 Å². The lowest BCUT2D eigenvalue weighted by molar-refractivity contribution is -0.126. The first-order chi connectivity index (χ1) is 18.3. The molecule has 2 aliphatic heterocycles. The molecule has 2 N–H and O–H groups in total. The number of aromatic nitrogens is 2. The highest BCUT2D eigenvalue weighted by Crippen LogP contribution is 2.37. The lowest BCUT2D eigenvalue weighted by Crippen LogP contribution is -2.41. The summed E-state index contributed by atoms with van der Waals surface area (Å²) in [6, 6.07) is 10.9. The number of hydrogen-bond donors (Lipinski definition) is 2. The van der Waals surface area contributed by atoms with Gasteiger partial charge in [-0.25, -0.2) is 4.98 Å². The van der Waals surface area contributed by atoms with E-state index in [-0.39, 0.29) is 23.9 Å². The van der Waals surface area contributed by atoms with Crippen LogP contribution in [0.3, 0.4) is 0 Å². The fourth-order valence-electron chi connectivity index (χ4n) is 5.44. The van der Waals surface area contributed by atoms with Crippen molar-refractivity contribution in [2.45, 2.75) is 64.6 Å². The summed E-state index contributed by atoms with van der Waals surface area (Å²) in [4.78, 5) is 38.1. The predicted molar refractivity (Wildman–Crippen MR) is 155 cm³/mol. The number of benzene rings is 1. The molecule has 2 atom stereocenters. The van der Waals surface area contributed by atoms with E-state index in [0.717, 1.165) is 59.6 Å². The maximum Gasteiger partial charge on any atom is 0.245 e. The van der Waals surface area contributed by atoms with Crippen molar-refractivity contribution in [3.63, 3.8) is 0 Å². The molecule has 0 saturated carbocycles. The Labute approximate surface area is 228 Å². The number of anilines is 3. The van der Waals surface area contributed by atoms with Crippen molar-refractivity contribution in [2.24, 2.45) is 5.92 Å². The van der Waals surface area contributed by atoms with E-state index in [1.807, 2.05) is 21.2 Å². The molecule has 1 aromatic carbocycles. The second-order valence-corrected chi connectivity index (χ2v) is 11.5. The molecule has 0 unspecified atom stereocenters. The molecule has 9 heteroatoms. The van der Waals surface area contributed by atoms with E-state index >= 15 is 0 Å². The van der Waals surface area contributed by atoms with Crippen LogP contribution in [-0.2, 0) is 9.59 Å². The van der Waals surface area contributed by atoms with Crippen LogP contribution in [0.1, 0.15) is 58.1 Å². The van der Waals surface area contributed by atoms with Gasteiger partial charge in [-0.15, -0.1) is 11.3 Å². The zero-order valence-corrected chi connectivity index (χ0v) is 23.1. The molecular weight excluding hydrogens is 496 g/mol. The van der Waals surface area contributed by atoms with Crippen molar-refractivity contribution < 1.29 is 9.59 Å². The highest BCUT2D eigenvalue weighted by molar-refractivity contribution is 7.17.